The van der Waals surface area contributed by atoms with E-state index < -0.39 is 0 Å². The van der Waals surface area contributed by atoms with Gasteiger partial charge in [0.25, 0.3) is 0 Å². The first-order valence-electron chi connectivity index (χ1n) is 8.60. The van der Waals surface area contributed by atoms with Crippen LogP contribution < -0.4 is 5.32 Å². The Labute approximate surface area is 138 Å². The number of likely N-dealkylation sites (tertiary alicyclic amines) is 1. The van der Waals surface area contributed by atoms with E-state index in [0.717, 1.165) is 37.7 Å². The number of aromatic amines is 1. The molecule has 5 nitrogen and oxygen atoms in total. The average Bonchev–Trinajstić information content (AvgIpc) is 2.95. The smallest absolute Gasteiger partial charge is 0.125 e. The Morgan fingerprint density at radius 1 is 1.43 bits per heavy atom. The Balaban J connectivity index is 1.69. The van der Waals surface area contributed by atoms with Gasteiger partial charge in [0.05, 0.1) is 5.69 Å². The molecule has 23 heavy (non-hydrogen) atoms. The van der Waals surface area contributed by atoms with Gasteiger partial charge in [-0.1, -0.05) is 6.92 Å². The maximum atomic E-state index is 4.73. The monoisotopic (exact) mass is 313 g/mol. The average molecular weight is 313 g/mol. The van der Waals surface area contributed by atoms with Crippen molar-refractivity contribution in [2.75, 3.05) is 25.5 Å². The van der Waals surface area contributed by atoms with Gasteiger partial charge in [0, 0.05) is 38.4 Å². The molecule has 124 valence electrons. The third-order valence-corrected chi connectivity index (χ3v) is 4.76. The van der Waals surface area contributed by atoms with Crippen molar-refractivity contribution in [3.8, 4) is 0 Å². The lowest BCUT2D eigenvalue weighted by Gasteiger charge is -2.32. The fourth-order valence-electron chi connectivity index (χ4n) is 3.41. The highest BCUT2D eigenvalue weighted by Gasteiger charge is 2.23. The van der Waals surface area contributed by atoms with Gasteiger partial charge in [-0.25, -0.2) is 9.97 Å². The molecular weight excluding hydrogens is 286 g/mol. The van der Waals surface area contributed by atoms with Crippen LogP contribution in [0.1, 0.15) is 48.5 Å². The number of piperidine rings is 1. The van der Waals surface area contributed by atoms with Crippen molar-refractivity contribution < 1.29 is 0 Å². The minimum atomic E-state index is 0.587. The van der Waals surface area contributed by atoms with Crippen LogP contribution in [0, 0.1) is 6.92 Å². The molecule has 2 aromatic heterocycles. The van der Waals surface area contributed by atoms with Gasteiger partial charge in [0.15, 0.2) is 0 Å². The molecule has 1 atom stereocenters. The molecule has 0 spiro atoms. The second kappa shape index (κ2) is 7.13. The third kappa shape index (κ3) is 3.72. The molecule has 2 aromatic rings. The summed E-state index contributed by atoms with van der Waals surface area (Å²) in [5.41, 5.74) is 3.81. The fraction of sp³-hybridized carbons (Fsp3) is 0.556. The first kappa shape index (κ1) is 16.0. The van der Waals surface area contributed by atoms with Crippen molar-refractivity contribution in [3.63, 3.8) is 0 Å². The summed E-state index contributed by atoms with van der Waals surface area (Å²) in [5.74, 6) is 2.64. The summed E-state index contributed by atoms with van der Waals surface area (Å²) in [6.45, 7) is 7.48. The summed E-state index contributed by atoms with van der Waals surface area (Å²) in [5, 5.41) is 3.14. The van der Waals surface area contributed by atoms with Gasteiger partial charge in [0.2, 0.25) is 0 Å². The van der Waals surface area contributed by atoms with E-state index in [1.54, 1.807) is 0 Å². The first-order valence-corrected chi connectivity index (χ1v) is 8.60. The van der Waals surface area contributed by atoms with Crippen molar-refractivity contribution >= 4 is 5.82 Å². The van der Waals surface area contributed by atoms with Gasteiger partial charge >= 0.3 is 0 Å². The molecule has 1 saturated heterocycles. The molecule has 0 radical (unpaired) electrons. The molecule has 0 amide bonds. The number of imidazole rings is 1. The Bertz CT molecular complexity index is 649. The number of aromatic nitrogens is 3. The summed E-state index contributed by atoms with van der Waals surface area (Å²) < 4.78 is 0. The molecule has 0 aromatic carbocycles. The highest BCUT2D eigenvalue weighted by molar-refractivity contribution is 5.38. The summed E-state index contributed by atoms with van der Waals surface area (Å²) in [6.07, 6.45) is 5.37. The Morgan fingerprint density at radius 3 is 3.04 bits per heavy atom. The zero-order valence-corrected chi connectivity index (χ0v) is 14.4. The van der Waals surface area contributed by atoms with Crippen LogP contribution in [0.25, 0.3) is 0 Å². The van der Waals surface area contributed by atoms with E-state index in [4.69, 9.17) is 4.98 Å². The Kier molecular flexibility index (Phi) is 4.96. The van der Waals surface area contributed by atoms with E-state index in [-0.39, 0.29) is 0 Å². The number of hydrogen-bond donors (Lipinski definition) is 2. The molecule has 3 heterocycles. The minimum Gasteiger partial charge on any atom is -0.373 e. The van der Waals surface area contributed by atoms with E-state index in [1.807, 2.05) is 13.2 Å². The van der Waals surface area contributed by atoms with E-state index in [2.05, 4.69) is 46.2 Å². The van der Waals surface area contributed by atoms with Gasteiger partial charge < -0.3 is 10.3 Å². The van der Waals surface area contributed by atoms with Crippen LogP contribution in [-0.4, -0.2) is 40.0 Å². The quantitative estimate of drug-likeness (QED) is 0.890. The van der Waals surface area contributed by atoms with Crippen LogP contribution >= 0.6 is 0 Å². The molecule has 0 bridgehead atoms. The standard InChI is InChI=1S/C18H27N5/c1-4-17-21-13(2)16(22-17)12-23-9-5-6-15(11-23)14-7-8-20-18(10-14)19-3/h7-8,10,15H,4-6,9,11-12H2,1-3H3,(H,19,20)(H,21,22)/t15-/m0/s1. The van der Waals surface area contributed by atoms with Crippen molar-refractivity contribution in [1.29, 1.82) is 0 Å². The molecule has 1 aliphatic rings. The maximum absolute atomic E-state index is 4.73. The first-order chi connectivity index (χ1) is 11.2. The third-order valence-electron chi connectivity index (χ3n) is 4.76. The van der Waals surface area contributed by atoms with Crippen molar-refractivity contribution in [3.05, 3.63) is 41.1 Å². The molecule has 0 unspecified atom stereocenters. The van der Waals surface area contributed by atoms with Crippen molar-refractivity contribution in [2.24, 2.45) is 0 Å². The molecular formula is C18H27N5. The maximum Gasteiger partial charge on any atom is 0.125 e. The van der Waals surface area contributed by atoms with Gasteiger partial charge in [-0.2, -0.15) is 0 Å². The van der Waals surface area contributed by atoms with E-state index in [9.17, 15) is 0 Å². The second-order valence-electron chi connectivity index (χ2n) is 6.41. The molecule has 1 fully saturated rings. The number of H-pyrrole nitrogens is 1. The zero-order chi connectivity index (χ0) is 16.2. The highest BCUT2D eigenvalue weighted by Crippen LogP contribution is 2.28. The zero-order valence-electron chi connectivity index (χ0n) is 14.4. The Hall–Kier alpha value is -1.88. The lowest BCUT2D eigenvalue weighted by Crippen LogP contribution is -2.34. The van der Waals surface area contributed by atoms with Crippen molar-refractivity contribution in [2.45, 2.75) is 45.6 Å². The van der Waals surface area contributed by atoms with Crippen LogP contribution in [0.3, 0.4) is 0 Å². The molecule has 0 saturated carbocycles. The van der Waals surface area contributed by atoms with Crippen LogP contribution in [0.2, 0.25) is 0 Å². The van der Waals surface area contributed by atoms with Crippen LogP contribution in [0.5, 0.6) is 0 Å². The van der Waals surface area contributed by atoms with Gasteiger partial charge in [-0.15, -0.1) is 0 Å². The number of rotatable bonds is 5. The van der Waals surface area contributed by atoms with Crippen LogP contribution in [0.15, 0.2) is 18.3 Å². The van der Waals surface area contributed by atoms with E-state index >= 15 is 0 Å². The van der Waals surface area contributed by atoms with Gasteiger partial charge in [-0.3, -0.25) is 4.90 Å². The summed E-state index contributed by atoms with van der Waals surface area (Å²) in [7, 11) is 1.92. The predicted molar refractivity (Wildman–Crippen MR) is 93.7 cm³/mol. The molecule has 3 rings (SSSR count). The lowest BCUT2D eigenvalue weighted by molar-refractivity contribution is 0.198. The number of hydrogen-bond acceptors (Lipinski definition) is 4. The normalized spacial score (nSPS) is 19.0. The lowest BCUT2D eigenvalue weighted by atomic mass is 9.91. The number of anilines is 1. The topological polar surface area (TPSA) is 56.8 Å². The summed E-state index contributed by atoms with van der Waals surface area (Å²) in [4.78, 5) is 15.0. The van der Waals surface area contributed by atoms with Crippen LogP contribution in [-0.2, 0) is 13.0 Å². The second-order valence-corrected chi connectivity index (χ2v) is 6.41. The summed E-state index contributed by atoms with van der Waals surface area (Å²) in [6, 6.07) is 4.34. The van der Waals surface area contributed by atoms with Crippen LogP contribution in [0.4, 0.5) is 5.82 Å². The minimum absolute atomic E-state index is 0.587. The molecule has 0 aliphatic carbocycles. The number of pyridine rings is 1. The molecule has 5 heteroatoms. The van der Waals surface area contributed by atoms with Gasteiger partial charge in [0.1, 0.15) is 11.6 Å². The Morgan fingerprint density at radius 2 is 2.30 bits per heavy atom. The van der Waals surface area contributed by atoms with E-state index in [0.29, 0.717) is 5.92 Å². The number of nitrogens with zero attached hydrogens (tertiary/aromatic N) is 3. The molecule has 2 N–H and O–H groups in total. The SMILES string of the molecule is CCc1nc(CN2CCC[C@H](c3ccnc(NC)c3)C2)c(C)[nH]1. The van der Waals surface area contributed by atoms with Gasteiger partial charge in [-0.05, 0) is 49.9 Å². The fourth-order valence-corrected chi connectivity index (χ4v) is 3.41. The highest BCUT2D eigenvalue weighted by atomic mass is 15.1. The van der Waals surface area contributed by atoms with Crippen molar-refractivity contribution in [1.82, 2.24) is 19.9 Å². The van der Waals surface area contributed by atoms with E-state index in [1.165, 1.54) is 29.8 Å². The summed E-state index contributed by atoms with van der Waals surface area (Å²) >= 11 is 0. The molecule has 1 aliphatic heterocycles. The predicted octanol–water partition coefficient (Wildman–Crippen LogP) is 3.10. The number of nitrogens with one attached hydrogen (secondary N) is 2. The largest absolute Gasteiger partial charge is 0.373 e. The number of aryl methyl sites for hydroxylation is 2.